The number of nitrogens with two attached hydrogens (primary N) is 1. The summed E-state index contributed by atoms with van der Waals surface area (Å²) in [4.78, 5) is 16.2. The summed E-state index contributed by atoms with van der Waals surface area (Å²) in [5.74, 6) is -2.02. The van der Waals surface area contributed by atoms with Crippen LogP contribution in [-0.4, -0.2) is 37.3 Å². The van der Waals surface area contributed by atoms with Crippen molar-refractivity contribution in [1.29, 1.82) is 0 Å². The standard InChI is InChI=1S/C18H17F4N3O3S/c1-17(2)8-25(9-17)16(26)15-13(23)6-11(7-24-15)29(27,28)14-4-3-10(5-12(14)19)18(20,21)22/h3-7H,8-9,23H2,1-2H3. The number of amides is 1. The van der Waals surface area contributed by atoms with Crippen LogP contribution in [0.15, 0.2) is 40.3 Å². The molecule has 0 bridgehead atoms. The zero-order chi connectivity index (χ0) is 21.8. The second kappa shape index (κ2) is 6.68. The summed E-state index contributed by atoms with van der Waals surface area (Å²) in [6, 6.07) is 2.05. The first-order valence-electron chi connectivity index (χ1n) is 8.39. The highest BCUT2D eigenvalue weighted by Gasteiger charge is 2.39. The Bertz CT molecular complexity index is 1090. The van der Waals surface area contributed by atoms with Crippen LogP contribution in [0.5, 0.6) is 0 Å². The van der Waals surface area contributed by atoms with E-state index in [4.69, 9.17) is 5.73 Å². The second-order valence-electron chi connectivity index (χ2n) is 7.58. The van der Waals surface area contributed by atoms with Crippen molar-refractivity contribution in [2.45, 2.75) is 29.8 Å². The lowest BCUT2D eigenvalue weighted by Gasteiger charge is -2.45. The SMILES string of the molecule is CC1(C)CN(C(=O)c2ncc(S(=O)(=O)c3ccc(C(F)(F)F)cc3F)cc2N)C1. The Morgan fingerprint density at radius 1 is 1.21 bits per heavy atom. The lowest BCUT2D eigenvalue weighted by atomic mass is 9.84. The minimum absolute atomic E-state index is 0.0339. The molecule has 1 aromatic heterocycles. The smallest absolute Gasteiger partial charge is 0.397 e. The van der Waals surface area contributed by atoms with Crippen LogP contribution in [0.3, 0.4) is 0 Å². The lowest BCUT2D eigenvalue weighted by Crippen LogP contribution is -2.55. The van der Waals surface area contributed by atoms with Crippen LogP contribution in [0, 0.1) is 11.2 Å². The van der Waals surface area contributed by atoms with Crippen molar-refractivity contribution < 1.29 is 30.8 Å². The van der Waals surface area contributed by atoms with Gasteiger partial charge in [-0.3, -0.25) is 4.79 Å². The van der Waals surface area contributed by atoms with Gasteiger partial charge < -0.3 is 10.6 Å². The van der Waals surface area contributed by atoms with Crippen LogP contribution in [0.25, 0.3) is 0 Å². The molecule has 0 radical (unpaired) electrons. The third-order valence-electron chi connectivity index (χ3n) is 4.48. The first-order valence-corrected chi connectivity index (χ1v) is 9.87. The predicted molar refractivity (Wildman–Crippen MR) is 95.2 cm³/mol. The van der Waals surface area contributed by atoms with Crippen LogP contribution in [0.4, 0.5) is 23.2 Å². The van der Waals surface area contributed by atoms with E-state index in [0.717, 1.165) is 12.3 Å². The molecule has 6 nitrogen and oxygen atoms in total. The van der Waals surface area contributed by atoms with Crippen LogP contribution >= 0.6 is 0 Å². The number of benzene rings is 1. The van der Waals surface area contributed by atoms with Crippen LogP contribution in [-0.2, 0) is 16.0 Å². The van der Waals surface area contributed by atoms with Gasteiger partial charge in [-0.1, -0.05) is 13.8 Å². The molecular weight excluding hydrogens is 414 g/mol. The van der Waals surface area contributed by atoms with Gasteiger partial charge in [-0.25, -0.2) is 17.8 Å². The number of hydrogen-bond acceptors (Lipinski definition) is 5. The quantitative estimate of drug-likeness (QED) is 0.754. The van der Waals surface area contributed by atoms with Gasteiger partial charge in [0.2, 0.25) is 9.84 Å². The first-order chi connectivity index (χ1) is 13.2. The molecule has 156 valence electrons. The fourth-order valence-corrected chi connectivity index (χ4v) is 4.38. The maximum Gasteiger partial charge on any atom is 0.416 e. The zero-order valence-corrected chi connectivity index (χ0v) is 16.2. The van der Waals surface area contributed by atoms with Gasteiger partial charge in [0.1, 0.15) is 10.7 Å². The van der Waals surface area contributed by atoms with Gasteiger partial charge >= 0.3 is 6.18 Å². The average molecular weight is 431 g/mol. The number of carbonyl (C=O) groups is 1. The van der Waals surface area contributed by atoms with Gasteiger partial charge in [-0.15, -0.1) is 0 Å². The van der Waals surface area contributed by atoms with E-state index < -0.39 is 43.1 Å². The maximum atomic E-state index is 14.1. The van der Waals surface area contributed by atoms with E-state index >= 15 is 0 Å². The molecular formula is C18H17F4N3O3S. The second-order valence-corrected chi connectivity index (χ2v) is 9.50. The molecule has 1 saturated heterocycles. The monoisotopic (exact) mass is 431 g/mol. The summed E-state index contributed by atoms with van der Waals surface area (Å²) in [6.45, 7) is 4.93. The molecule has 29 heavy (non-hydrogen) atoms. The van der Waals surface area contributed by atoms with Crippen LogP contribution in [0.2, 0.25) is 0 Å². The molecule has 1 aliphatic heterocycles. The molecule has 1 amide bonds. The van der Waals surface area contributed by atoms with Crippen molar-refractivity contribution in [3.63, 3.8) is 0 Å². The van der Waals surface area contributed by atoms with Gasteiger partial charge in [0.25, 0.3) is 5.91 Å². The van der Waals surface area contributed by atoms with Gasteiger partial charge in [0.15, 0.2) is 5.69 Å². The maximum absolute atomic E-state index is 14.1. The minimum atomic E-state index is -4.82. The summed E-state index contributed by atoms with van der Waals surface area (Å²) in [5.41, 5.74) is 4.06. The van der Waals surface area contributed by atoms with E-state index in [1.165, 1.54) is 4.90 Å². The van der Waals surface area contributed by atoms with Gasteiger partial charge in [0, 0.05) is 19.3 Å². The van der Waals surface area contributed by atoms with Crippen molar-refractivity contribution in [2.75, 3.05) is 18.8 Å². The molecule has 3 rings (SSSR count). The Balaban J connectivity index is 1.93. The Labute approximate surface area is 164 Å². The summed E-state index contributed by atoms with van der Waals surface area (Å²) in [5, 5.41) is 0. The van der Waals surface area contributed by atoms with Crippen molar-refractivity contribution in [3.8, 4) is 0 Å². The number of pyridine rings is 1. The number of anilines is 1. The Hall–Kier alpha value is -2.69. The highest BCUT2D eigenvalue weighted by molar-refractivity contribution is 7.91. The fourth-order valence-electron chi connectivity index (χ4n) is 3.09. The van der Waals surface area contributed by atoms with E-state index in [1.54, 1.807) is 0 Å². The average Bonchev–Trinajstić information content (AvgIpc) is 2.57. The topological polar surface area (TPSA) is 93.4 Å². The number of likely N-dealkylation sites (tertiary alicyclic amines) is 1. The molecule has 0 saturated carbocycles. The molecule has 11 heteroatoms. The fraction of sp³-hybridized carbons (Fsp3) is 0.333. The van der Waals surface area contributed by atoms with E-state index in [-0.39, 0.29) is 22.9 Å². The molecule has 1 aliphatic rings. The third kappa shape index (κ3) is 3.91. The number of halogens is 4. The van der Waals surface area contributed by atoms with Crippen LogP contribution in [0.1, 0.15) is 29.9 Å². The zero-order valence-electron chi connectivity index (χ0n) is 15.4. The highest BCUT2D eigenvalue weighted by atomic mass is 32.2. The van der Waals surface area contributed by atoms with E-state index in [2.05, 4.69) is 4.98 Å². The summed E-state index contributed by atoms with van der Waals surface area (Å²) < 4.78 is 77.3. The number of alkyl halides is 3. The third-order valence-corrected chi connectivity index (χ3v) is 6.23. The summed E-state index contributed by atoms with van der Waals surface area (Å²) in [7, 11) is -4.54. The molecule has 1 fully saturated rings. The van der Waals surface area contributed by atoms with Gasteiger partial charge in [0.05, 0.1) is 16.1 Å². The number of rotatable bonds is 3. The van der Waals surface area contributed by atoms with Crippen molar-refractivity contribution in [2.24, 2.45) is 5.41 Å². The van der Waals surface area contributed by atoms with Gasteiger partial charge in [-0.2, -0.15) is 13.2 Å². The normalized spacial score (nSPS) is 16.4. The van der Waals surface area contributed by atoms with Gasteiger partial charge in [-0.05, 0) is 29.7 Å². The molecule has 2 heterocycles. The predicted octanol–water partition coefficient (Wildman–Crippen LogP) is 3.14. The van der Waals surface area contributed by atoms with E-state index in [0.29, 0.717) is 25.2 Å². The molecule has 2 N–H and O–H groups in total. The lowest BCUT2D eigenvalue weighted by molar-refractivity contribution is -0.137. The molecule has 2 aromatic rings. The largest absolute Gasteiger partial charge is 0.416 e. The number of carbonyl (C=O) groups excluding carboxylic acids is 1. The van der Waals surface area contributed by atoms with Crippen molar-refractivity contribution >= 4 is 21.4 Å². The van der Waals surface area contributed by atoms with Crippen molar-refractivity contribution in [1.82, 2.24) is 9.88 Å². The Kier molecular flexibility index (Phi) is 4.85. The van der Waals surface area contributed by atoms with Crippen LogP contribution < -0.4 is 5.73 Å². The van der Waals surface area contributed by atoms with E-state index in [9.17, 15) is 30.8 Å². The number of sulfone groups is 1. The van der Waals surface area contributed by atoms with E-state index in [1.807, 2.05) is 13.8 Å². The number of nitrogens with zero attached hydrogens (tertiary/aromatic N) is 2. The number of aromatic nitrogens is 1. The molecule has 1 aromatic carbocycles. The highest BCUT2D eigenvalue weighted by Crippen LogP contribution is 2.34. The Morgan fingerprint density at radius 3 is 2.31 bits per heavy atom. The van der Waals surface area contributed by atoms with Crippen molar-refractivity contribution in [3.05, 3.63) is 47.5 Å². The summed E-state index contributed by atoms with van der Waals surface area (Å²) in [6.07, 6.45) is -3.98. The molecule has 0 aliphatic carbocycles. The first kappa shape index (κ1) is 21.0. The Morgan fingerprint density at radius 2 is 1.83 bits per heavy atom. The number of nitrogen functional groups attached to an aromatic ring is 1. The molecule has 0 atom stereocenters. The minimum Gasteiger partial charge on any atom is -0.397 e. The molecule has 0 spiro atoms. The number of hydrogen-bond donors (Lipinski definition) is 1. The molecule has 0 unspecified atom stereocenters. The summed E-state index contributed by atoms with van der Waals surface area (Å²) >= 11 is 0.